The van der Waals surface area contributed by atoms with Gasteiger partial charge in [-0.3, -0.25) is 8.98 Å². The van der Waals surface area contributed by atoms with Crippen molar-refractivity contribution in [3.8, 4) is 0 Å². The maximum absolute atomic E-state index is 11.8. The molecule has 0 aromatic rings. The zero-order chi connectivity index (χ0) is 20.4. The van der Waals surface area contributed by atoms with Gasteiger partial charge in [-0.2, -0.15) is 8.42 Å². The Labute approximate surface area is 152 Å². The number of ether oxygens (including phenoxy) is 3. The van der Waals surface area contributed by atoms with Crippen molar-refractivity contribution in [1.29, 1.82) is 0 Å². The van der Waals surface area contributed by atoms with E-state index in [-0.39, 0.29) is 24.6 Å². The molecule has 0 radical (unpaired) electrons. The summed E-state index contributed by atoms with van der Waals surface area (Å²) in [6, 6.07) is 0. The molecule has 0 fully saturated rings. The molecule has 12 heteroatoms. The van der Waals surface area contributed by atoms with Crippen LogP contribution in [0.4, 0.5) is 4.79 Å². The number of aliphatic hydroxyl groups excluding tert-OH is 1. The fourth-order valence-electron chi connectivity index (χ4n) is 1.49. The number of methoxy groups -OCH3 is 1. The summed E-state index contributed by atoms with van der Waals surface area (Å²) in [4.78, 5) is 33.1. The van der Waals surface area contributed by atoms with Crippen molar-refractivity contribution in [3.05, 3.63) is 0 Å². The highest BCUT2D eigenvalue weighted by atomic mass is 32.2. The quantitative estimate of drug-likeness (QED) is 0.202. The van der Waals surface area contributed by atoms with E-state index in [9.17, 15) is 27.9 Å². The zero-order valence-corrected chi connectivity index (χ0v) is 16.0. The van der Waals surface area contributed by atoms with E-state index in [1.165, 1.54) is 20.8 Å². The van der Waals surface area contributed by atoms with Crippen LogP contribution in [-0.4, -0.2) is 70.5 Å². The van der Waals surface area contributed by atoms with Gasteiger partial charge >= 0.3 is 12.1 Å². The Morgan fingerprint density at radius 3 is 2.35 bits per heavy atom. The summed E-state index contributed by atoms with van der Waals surface area (Å²) in [5.74, 6) is -1.73. The summed E-state index contributed by atoms with van der Waals surface area (Å²) >= 11 is 0. The van der Waals surface area contributed by atoms with Crippen molar-refractivity contribution < 1.29 is 46.3 Å². The number of hydrogen-bond donors (Lipinski definition) is 2. The van der Waals surface area contributed by atoms with Gasteiger partial charge in [0.05, 0.1) is 19.5 Å². The first-order valence-electron chi connectivity index (χ1n) is 7.58. The van der Waals surface area contributed by atoms with E-state index in [1.807, 2.05) is 0 Å². The second kappa shape index (κ2) is 10.9. The fraction of sp³-hybridized carbons (Fsp3) is 0.786. The first-order valence-corrected chi connectivity index (χ1v) is 9.16. The lowest BCUT2D eigenvalue weighted by Gasteiger charge is -2.28. The van der Waals surface area contributed by atoms with Crippen LogP contribution in [0.3, 0.4) is 0 Å². The maximum Gasteiger partial charge on any atom is 0.510 e. The van der Waals surface area contributed by atoms with Crippen LogP contribution in [0.1, 0.15) is 27.2 Å². The third kappa shape index (κ3) is 10.2. The first kappa shape index (κ1) is 24.1. The molecule has 0 rings (SSSR count). The van der Waals surface area contributed by atoms with Crippen LogP contribution < -0.4 is 5.32 Å². The zero-order valence-electron chi connectivity index (χ0n) is 15.1. The lowest BCUT2D eigenvalue weighted by atomic mass is 9.88. The third-order valence-corrected chi connectivity index (χ3v) is 4.33. The van der Waals surface area contributed by atoms with Gasteiger partial charge in [-0.05, 0) is 6.42 Å². The van der Waals surface area contributed by atoms with Gasteiger partial charge in [0.25, 0.3) is 10.1 Å². The molecule has 2 N–H and O–H groups in total. The minimum absolute atomic E-state index is 0.151. The molecule has 11 nitrogen and oxygen atoms in total. The molecule has 26 heavy (non-hydrogen) atoms. The Hall–Kier alpha value is -1.92. The lowest BCUT2D eigenvalue weighted by molar-refractivity contribution is -0.170. The van der Waals surface area contributed by atoms with E-state index in [0.717, 1.165) is 7.11 Å². The van der Waals surface area contributed by atoms with Gasteiger partial charge in [-0.1, -0.05) is 13.8 Å². The lowest BCUT2D eigenvalue weighted by Crippen LogP contribution is -2.42. The van der Waals surface area contributed by atoms with Crippen LogP contribution in [0.25, 0.3) is 0 Å². The van der Waals surface area contributed by atoms with Gasteiger partial charge in [0.2, 0.25) is 12.7 Å². The van der Waals surface area contributed by atoms with E-state index < -0.39 is 47.2 Å². The predicted molar refractivity (Wildman–Crippen MR) is 87.3 cm³/mol. The Balaban J connectivity index is 4.41. The molecule has 0 aliphatic rings. The molecule has 1 amide bonds. The number of carbonyl (C=O) groups excluding carboxylic acids is 3. The van der Waals surface area contributed by atoms with Crippen molar-refractivity contribution in [2.45, 2.75) is 33.3 Å². The van der Waals surface area contributed by atoms with Crippen LogP contribution in [0.15, 0.2) is 0 Å². The van der Waals surface area contributed by atoms with Gasteiger partial charge in [0.1, 0.15) is 0 Å². The molecule has 0 aromatic carbocycles. The van der Waals surface area contributed by atoms with Crippen molar-refractivity contribution in [1.82, 2.24) is 5.32 Å². The summed E-state index contributed by atoms with van der Waals surface area (Å²) in [7, 11) is -2.84. The van der Waals surface area contributed by atoms with E-state index in [1.54, 1.807) is 0 Å². The number of aliphatic hydroxyl groups is 1. The molecule has 0 unspecified atom stereocenters. The second-order valence-corrected chi connectivity index (χ2v) is 7.69. The normalized spacial score (nSPS) is 12.8. The molecule has 0 bridgehead atoms. The average molecular weight is 399 g/mol. The summed E-state index contributed by atoms with van der Waals surface area (Å²) in [6.45, 7) is 3.03. The summed E-state index contributed by atoms with van der Waals surface area (Å²) in [5, 5.41) is 12.4. The predicted octanol–water partition coefficient (Wildman–Crippen LogP) is -0.470. The number of rotatable bonds is 11. The van der Waals surface area contributed by atoms with Crippen molar-refractivity contribution in [2.75, 3.05) is 32.8 Å². The van der Waals surface area contributed by atoms with Gasteiger partial charge in [-0.15, -0.1) is 0 Å². The number of nitrogens with one attached hydrogen (secondary N) is 1. The van der Waals surface area contributed by atoms with Crippen molar-refractivity contribution in [3.63, 3.8) is 0 Å². The standard InChI is InChI=1S/C14H25NO10S/c1-10(16)15-6-5-7-26(20,21)25-8-14(2,3)11(17)12(18)23-9-24-13(19)22-4/h11,17H,5-9H2,1-4H3,(H,15,16)/t11-/m0/s1. The summed E-state index contributed by atoms with van der Waals surface area (Å²) in [6.07, 6.45) is -2.64. The Kier molecular flexibility index (Phi) is 10.1. The molecule has 0 aliphatic heterocycles. The van der Waals surface area contributed by atoms with Crippen LogP contribution in [0.2, 0.25) is 0 Å². The summed E-state index contributed by atoms with van der Waals surface area (Å²) < 4.78 is 41.4. The van der Waals surface area contributed by atoms with Crippen molar-refractivity contribution in [2.24, 2.45) is 5.41 Å². The second-order valence-electron chi connectivity index (χ2n) is 5.93. The van der Waals surface area contributed by atoms with E-state index in [0.29, 0.717) is 0 Å². The van der Waals surface area contributed by atoms with E-state index >= 15 is 0 Å². The molecule has 1 atom stereocenters. The Morgan fingerprint density at radius 2 is 1.81 bits per heavy atom. The van der Waals surface area contributed by atoms with Gasteiger partial charge in [0.15, 0.2) is 6.10 Å². The monoisotopic (exact) mass is 399 g/mol. The van der Waals surface area contributed by atoms with E-state index in [2.05, 4.69) is 19.5 Å². The molecule has 0 aromatic heterocycles. The Bertz CT molecular complexity index is 587. The number of esters is 1. The molecule has 152 valence electrons. The highest BCUT2D eigenvalue weighted by Crippen LogP contribution is 2.23. The van der Waals surface area contributed by atoms with Crippen molar-refractivity contribution >= 4 is 28.1 Å². The third-order valence-electron chi connectivity index (χ3n) is 3.06. The molecular weight excluding hydrogens is 374 g/mol. The summed E-state index contributed by atoms with van der Waals surface area (Å²) in [5.41, 5.74) is -1.30. The Morgan fingerprint density at radius 1 is 1.19 bits per heavy atom. The molecular formula is C14H25NO10S. The van der Waals surface area contributed by atoms with Crippen LogP contribution >= 0.6 is 0 Å². The largest absolute Gasteiger partial charge is 0.510 e. The average Bonchev–Trinajstić information content (AvgIpc) is 2.56. The van der Waals surface area contributed by atoms with Gasteiger partial charge in [0, 0.05) is 18.9 Å². The number of amides is 1. The van der Waals surface area contributed by atoms with Crippen LogP contribution in [-0.2, 0) is 38.1 Å². The number of hydrogen-bond acceptors (Lipinski definition) is 10. The maximum atomic E-state index is 11.8. The smallest absolute Gasteiger partial charge is 0.438 e. The number of carbonyl (C=O) groups is 3. The fourth-order valence-corrected chi connectivity index (χ4v) is 2.58. The van der Waals surface area contributed by atoms with Gasteiger partial charge < -0.3 is 24.6 Å². The minimum atomic E-state index is -3.90. The highest BCUT2D eigenvalue weighted by molar-refractivity contribution is 7.86. The first-order chi connectivity index (χ1) is 11.9. The SMILES string of the molecule is COC(=O)OCOC(=O)[C@H](O)C(C)(C)COS(=O)(=O)CCCNC(C)=O. The molecule has 0 saturated carbocycles. The van der Waals surface area contributed by atoms with Crippen LogP contribution in [0.5, 0.6) is 0 Å². The topological polar surface area (TPSA) is 155 Å². The minimum Gasteiger partial charge on any atom is -0.438 e. The molecule has 0 heterocycles. The van der Waals surface area contributed by atoms with E-state index in [4.69, 9.17) is 4.18 Å². The highest BCUT2D eigenvalue weighted by Gasteiger charge is 2.36. The molecule has 0 aliphatic carbocycles. The van der Waals surface area contributed by atoms with Gasteiger partial charge in [-0.25, -0.2) is 9.59 Å². The molecule has 0 saturated heterocycles. The van der Waals surface area contributed by atoms with Crippen LogP contribution in [0, 0.1) is 5.41 Å². The molecule has 0 spiro atoms.